The number of H-pyrrole nitrogens is 1. The van der Waals surface area contributed by atoms with Gasteiger partial charge in [-0.3, -0.25) is 4.79 Å². The van der Waals surface area contributed by atoms with Crippen LogP contribution in [0.25, 0.3) is 11.1 Å². The summed E-state index contributed by atoms with van der Waals surface area (Å²) >= 11 is 3.28. The van der Waals surface area contributed by atoms with Crippen molar-refractivity contribution in [2.75, 3.05) is 11.7 Å². The van der Waals surface area contributed by atoms with Gasteiger partial charge in [0.05, 0.1) is 12.3 Å². The molecule has 5 nitrogen and oxygen atoms in total. The SMILES string of the molecule is CCOC(=O)c1[nH]c(C)c(-c2ccc(C(=O)N(F)c3ccc(Br)cc3)cc2)c1C. The maximum atomic E-state index is 14.5. The van der Waals surface area contributed by atoms with E-state index in [-0.39, 0.29) is 16.4 Å². The van der Waals surface area contributed by atoms with Gasteiger partial charge in [-0.05, 0) is 68.3 Å². The molecule has 0 radical (unpaired) electrons. The van der Waals surface area contributed by atoms with Crippen LogP contribution in [0.3, 0.4) is 0 Å². The molecule has 29 heavy (non-hydrogen) atoms. The highest BCUT2D eigenvalue weighted by atomic mass is 79.9. The lowest BCUT2D eigenvalue weighted by Gasteiger charge is -2.12. The van der Waals surface area contributed by atoms with Crippen molar-refractivity contribution < 1.29 is 18.8 Å². The Hall–Kier alpha value is -2.93. The molecule has 3 rings (SSSR count). The molecule has 150 valence electrons. The summed E-state index contributed by atoms with van der Waals surface area (Å²) in [6.07, 6.45) is 0. The second-order valence-electron chi connectivity index (χ2n) is 6.49. The number of amides is 1. The minimum atomic E-state index is -0.756. The van der Waals surface area contributed by atoms with Crippen LogP contribution < -0.4 is 5.12 Å². The van der Waals surface area contributed by atoms with E-state index in [4.69, 9.17) is 4.74 Å². The van der Waals surface area contributed by atoms with Gasteiger partial charge in [0.15, 0.2) is 0 Å². The molecule has 0 saturated carbocycles. The maximum Gasteiger partial charge on any atom is 0.355 e. The molecule has 2 aromatic carbocycles. The number of aromatic nitrogens is 1. The van der Waals surface area contributed by atoms with E-state index in [9.17, 15) is 14.1 Å². The molecule has 0 bridgehead atoms. The van der Waals surface area contributed by atoms with Crippen LogP contribution in [0.2, 0.25) is 0 Å². The molecule has 7 heteroatoms. The topological polar surface area (TPSA) is 62.4 Å². The quantitative estimate of drug-likeness (QED) is 0.389. The first-order chi connectivity index (χ1) is 13.8. The van der Waals surface area contributed by atoms with Crippen LogP contribution in [0.4, 0.5) is 10.2 Å². The number of benzene rings is 2. The Bertz CT molecular complexity index is 1040. The molecule has 0 spiro atoms. The predicted molar refractivity (Wildman–Crippen MR) is 114 cm³/mol. The number of esters is 1. The Morgan fingerprint density at radius 2 is 1.69 bits per heavy atom. The van der Waals surface area contributed by atoms with Crippen LogP contribution >= 0.6 is 15.9 Å². The highest BCUT2D eigenvalue weighted by Gasteiger charge is 2.21. The van der Waals surface area contributed by atoms with Gasteiger partial charge in [0.1, 0.15) is 5.69 Å². The van der Waals surface area contributed by atoms with Crippen LogP contribution in [0, 0.1) is 13.8 Å². The van der Waals surface area contributed by atoms with E-state index in [1.165, 1.54) is 12.1 Å². The summed E-state index contributed by atoms with van der Waals surface area (Å²) < 4.78 is 20.3. The summed E-state index contributed by atoms with van der Waals surface area (Å²) in [5.41, 5.74) is 4.03. The fourth-order valence-corrected chi connectivity index (χ4v) is 3.44. The lowest BCUT2D eigenvalue weighted by Crippen LogP contribution is -2.21. The first-order valence-corrected chi connectivity index (χ1v) is 9.85. The lowest BCUT2D eigenvalue weighted by molar-refractivity contribution is 0.0519. The number of carbonyl (C=O) groups excluding carboxylic acids is 2. The van der Waals surface area contributed by atoms with E-state index in [0.717, 1.165) is 26.9 Å². The molecule has 1 N–H and O–H groups in total. The molecule has 0 atom stereocenters. The molecule has 0 unspecified atom stereocenters. The van der Waals surface area contributed by atoms with Crippen LogP contribution in [-0.2, 0) is 4.74 Å². The van der Waals surface area contributed by atoms with E-state index in [2.05, 4.69) is 20.9 Å². The number of aromatic amines is 1. The molecule has 3 aromatic rings. The molecular formula is C22H20BrFN2O3. The average molecular weight is 459 g/mol. The maximum absolute atomic E-state index is 14.5. The molecule has 1 aromatic heterocycles. The summed E-state index contributed by atoms with van der Waals surface area (Å²) in [6, 6.07) is 13.0. The van der Waals surface area contributed by atoms with E-state index in [1.54, 1.807) is 43.3 Å². The fraction of sp³-hybridized carbons (Fsp3) is 0.182. The van der Waals surface area contributed by atoms with Crippen LogP contribution in [0.15, 0.2) is 53.0 Å². The van der Waals surface area contributed by atoms with E-state index in [1.807, 2.05) is 13.8 Å². The number of nitrogens with one attached hydrogen (secondary N) is 1. The molecule has 1 amide bonds. The monoisotopic (exact) mass is 458 g/mol. The number of hydrogen-bond donors (Lipinski definition) is 1. The van der Waals surface area contributed by atoms with Crippen molar-refractivity contribution in [1.82, 2.24) is 4.98 Å². The third-order valence-corrected chi connectivity index (χ3v) is 5.10. The number of carbonyl (C=O) groups is 2. The number of anilines is 1. The largest absolute Gasteiger partial charge is 0.461 e. The zero-order valence-corrected chi connectivity index (χ0v) is 17.8. The van der Waals surface area contributed by atoms with E-state index >= 15 is 0 Å². The highest BCUT2D eigenvalue weighted by molar-refractivity contribution is 9.10. The molecular weight excluding hydrogens is 439 g/mol. The average Bonchev–Trinajstić information content (AvgIpc) is 3.02. The minimum Gasteiger partial charge on any atom is -0.461 e. The van der Waals surface area contributed by atoms with Gasteiger partial charge in [0, 0.05) is 21.3 Å². The van der Waals surface area contributed by atoms with Gasteiger partial charge in [0.25, 0.3) is 5.91 Å². The van der Waals surface area contributed by atoms with Crippen molar-refractivity contribution in [1.29, 1.82) is 0 Å². The Morgan fingerprint density at radius 1 is 1.07 bits per heavy atom. The summed E-state index contributed by atoms with van der Waals surface area (Å²) in [4.78, 5) is 27.6. The number of hydrogen-bond acceptors (Lipinski definition) is 3. The van der Waals surface area contributed by atoms with Gasteiger partial charge in [-0.2, -0.15) is 0 Å². The summed E-state index contributed by atoms with van der Waals surface area (Å²) in [7, 11) is 0. The van der Waals surface area contributed by atoms with Crippen molar-refractivity contribution >= 4 is 33.5 Å². The molecule has 0 aliphatic rings. The Labute approximate surface area is 176 Å². The predicted octanol–water partition coefficient (Wildman–Crippen LogP) is 5.77. The van der Waals surface area contributed by atoms with Crippen molar-refractivity contribution in [3.8, 4) is 11.1 Å². The Kier molecular flexibility index (Phi) is 6.17. The minimum absolute atomic E-state index is 0.118. The molecule has 0 saturated heterocycles. The van der Waals surface area contributed by atoms with Gasteiger partial charge in [-0.15, -0.1) is 5.12 Å². The summed E-state index contributed by atoms with van der Waals surface area (Å²) in [5, 5.41) is 0.118. The first-order valence-electron chi connectivity index (χ1n) is 9.06. The number of aryl methyl sites for hydroxylation is 1. The van der Waals surface area contributed by atoms with Crippen molar-refractivity contribution in [3.05, 3.63) is 75.5 Å². The molecule has 0 aliphatic carbocycles. The van der Waals surface area contributed by atoms with Gasteiger partial charge >= 0.3 is 5.97 Å². The molecule has 0 aliphatic heterocycles. The fourth-order valence-electron chi connectivity index (χ4n) is 3.17. The van der Waals surface area contributed by atoms with Gasteiger partial charge in [-0.25, -0.2) is 4.79 Å². The smallest absolute Gasteiger partial charge is 0.355 e. The van der Waals surface area contributed by atoms with E-state index in [0.29, 0.717) is 12.3 Å². The third kappa shape index (κ3) is 4.24. The summed E-state index contributed by atoms with van der Waals surface area (Å²) in [6.45, 7) is 5.74. The Morgan fingerprint density at radius 3 is 2.28 bits per heavy atom. The first kappa shape index (κ1) is 20.8. The van der Waals surface area contributed by atoms with E-state index < -0.39 is 11.9 Å². The normalized spacial score (nSPS) is 10.7. The second kappa shape index (κ2) is 8.61. The number of nitrogens with zero attached hydrogens (tertiary/aromatic N) is 1. The standard InChI is InChI=1S/C22H20BrFN2O3/c1-4-29-22(28)20-13(2)19(14(3)25-20)15-5-7-16(8-6-15)21(27)26(24)18-11-9-17(23)10-12-18/h5-12,25H,4H2,1-3H3. The number of ether oxygens (including phenoxy) is 1. The number of rotatable bonds is 5. The van der Waals surface area contributed by atoms with Gasteiger partial charge in [-0.1, -0.05) is 32.5 Å². The zero-order valence-electron chi connectivity index (χ0n) is 16.3. The van der Waals surface area contributed by atoms with Crippen molar-refractivity contribution in [2.45, 2.75) is 20.8 Å². The summed E-state index contributed by atoms with van der Waals surface area (Å²) in [5.74, 6) is -1.16. The third-order valence-electron chi connectivity index (χ3n) is 4.57. The van der Waals surface area contributed by atoms with Crippen LogP contribution in [0.1, 0.15) is 39.0 Å². The van der Waals surface area contributed by atoms with Crippen LogP contribution in [0.5, 0.6) is 0 Å². The highest BCUT2D eigenvalue weighted by Crippen LogP contribution is 2.30. The number of halogens is 2. The van der Waals surface area contributed by atoms with Gasteiger partial charge in [0.2, 0.25) is 0 Å². The lowest BCUT2D eigenvalue weighted by atomic mass is 10.00. The zero-order chi connectivity index (χ0) is 21.1. The van der Waals surface area contributed by atoms with Gasteiger partial charge < -0.3 is 9.72 Å². The van der Waals surface area contributed by atoms with Crippen LogP contribution in [-0.4, -0.2) is 23.5 Å². The second-order valence-corrected chi connectivity index (χ2v) is 7.40. The molecule has 0 fully saturated rings. The molecule has 1 heterocycles. The Balaban J connectivity index is 1.86. The van der Waals surface area contributed by atoms with Crippen molar-refractivity contribution in [3.63, 3.8) is 0 Å². The van der Waals surface area contributed by atoms with Crippen molar-refractivity contribution in [2.24, 2.45) is 0 Å².